The molecule has 5 rings (SSSR count). The van der Waals surface area contributed by atoms with Gasteiger partial charge in [-0.2, -0.15) is 8.42 Å². The Bertz CT molecular complexity index is 1290. The van der Waals surface area contributed by atoms with Crippen LogP contribution < -0.4 is 10.6 Å². The van der Waals surface area contributed by atoms with Crippen LogP contribution >= 0.6 is 0 Å². The predicted molar refractivity (Wildman–Crippen MR) is 167 cm³/mol. The van der Waals surface area contributed by atoms with E-state index in [1.807, 2.05) is 30.3 Å². The molecule has 4 saturated carbocycles. The lowest BCUT2D eigenvalue weighted by atomic mass is 9.39. The first-order valence-electron chi connectivity index (χ1n) is 16.4. The number of aliphatic hydroxyl groups excluding tert-OH is 1. The average Bonchev–Trinajstić information content (AvgIpc) is 3.23. The van der Waals surface area contributed by atoms with E-state index in [-0.39, 0.29) is 46.7 Å². The van der Waals surface area contributed by atoms with E-state index in [1.165, 1.54) is 0 Å². The van der Waals surface area contributed by atoms with Crippen LogP contribution in [0.25, 0.3) is 0 Å². The summed E-state index contributed by atoms with van der Waals surface area (Å²) in [5, 5.41) is 16.8. The number of hydrogen-bond acceptors (Lipinski definition) is 5. The van der Waals surface area contributed by atoms with Gasteiger partial charge < -0.3 is 15.7 Å². The van der Waals surface area contributed by atoms with Gasteiger partial charge in [-0.3, -0.25) is 14.1 Å². The monoisotopic (exact) mass is 616 g/mol. The molecular weight excluding hydrogens is 564 g/mol. The molecule has 1 aromatic carbocycles. The third-order valence-corrected chi connectivity index (χ3v) is 13.8. The first-order valence-corrected chi connectivity index (χ1v) is 18.0. The molecule has 2 amide bonds. The second-order valence-electron chi connectivity index (χ2n) is 15.1. The van der Waals surface area contributed by atoms with Gasteiger partial charge in [0, 0.05) is 24.6 Å². The number of carbonyl (C=O) groups excluding carboxylic acids is 2. The van der Waals surface area contributed by atoms with E-state index in [0.29, 0.717) is 41.6 Å². The number of benzene rings is 1. The average molecular weight is 617 g/mol. The third-order valence-electron chi connectivity index (χ3n) is 13.1. The molecule has 9 heteroatoms. The van der Waals surface area contributed by atoms with E-state index < -0.39 is 15.9 Å². The lowest BCUT2D eigenvalue weighted by Crippen LogP contribution is -2.65. The first kappa shape index (κ1) is 32.4. The van der Waals surface area contributed by atoms with Crippen molar-refractivity contribution in [1.82, 2.24) is 10.6 Å². The molecule has 4 N–H and O–H groups in total. The van der Waals surface area contributed by atoms with Crippen molar-refractivity contribution in [2.75, 3.05) is 12.3 Å². The Kier molecular flexibility index (Phi) is 9.11. The summed E-state index contributed by atoms with van der Waals surface area (Å²) in [5.74, 6) is 1.33. The number of hydrogen-bond donors (Lipinski definition) is 4. The van der Waals surface area contributed by atoms with Crippen LogP contribution in [0.15, 0.2) is 30.3 Å². The molecule has 1 aromatic rings. The lowest BCUT2D eigenvalue weighted by molar-refractivity contribution is -0.176. The Balaban J connectivity index is 1.36. The fraction of sp³-hybridized carbons (Fsp3) is 0.765. The molecule has 1 unspecified atom stereocenters. The summed E-state index contributed by atoms with van der Waals surface area (Å²) < 4.78 is 30.9. The van der Waals surface area contributed by atoms with Gasteiger partial charge in [-0.15, -0.1) is 0 Å². The van der Waals surface area contributed by atoms with E-state index in [1.54, 1.807) is 0 Å². The molecule has 4 aliphatic carbocycles. The Hall–Kier alpha value is -1.97. The number of rotatable bonds is 9. The smallest absolute Gasteiger partial charge is 0.266 e. The van der Waals surface area contributed by atoms with Crippen LogP contribution in [0, 0.1) is 45.8 Å². The molecule has 240 valence electrons. The minimum Gasteiger partial charge on any atom is -0.393 e. The van der Waals surface area contributed by atoms with Gasteiger partial charge in [-0.25, -0.2) is 0 Å². The van der Waals surface area contributed by atoms with Crippen molar-refractivity contribution in [3.05, 3.63) is 35.9 Å². The fourth-order valence-corrected chi connectivity index (χ4v) is 11.0. The summed E-state index contributed by atoms with van der Waals surface area (Å²) in [6.07, 6.45) is 8.87. The molecule has 0 radical (unpaired) electrons. The molecule has 4 fully saturated rings. The first-order chi connectivity index (χ1) is 20.2. The lowest BCUT2D eigenvalue weighted by Gasteiger charge is -2.67. The summed E-state index contributed by atoms with van der Waals surface area (Å²) in [6, 6.07) is 9.55. The van der Waals surface area contributed by atoms with Gasteiger partial charge in [-0.1, -0.05) is 45.9 Å². The van der Waals surface area contributed by atoms with E-state index in [0.717, 1.165) is 57.8 Å². The highest BCUT2D eigenvalue weighted by Gasteiger charge is 2.68. The topological polar surface area (TPSA) is 133 Å². The number of fused-ring (bicyclic) bond motifs is 5. The Labute approximate surface area is 257 Å². The Morgan fingerprint density at radius 1 is 1.00 bits per heavy atom. The molecular formula is C34H52N2O6S. The molecule has 4 aliphatic rings. The van der Waals surface area contributed by atoms with Gasteiger partial charge in [0.1, 0.15) is 0 Å². The number of amides is 2. The van der Waals surface area contributed by atoms with Gasteiger partial charge in [0.15, 0.2) is 0 Å². The minimum absolute atomic E-state index is 0.0110. The van der Waals surface area contributed by atoms with Crippen LogP contribution in [-0.4, -0.2) is 54.3 Å². The van der Waals surface area contributed by atoms with Crippen molar-refractivity contribution in [3.63, 3.8) is 0 Å². The maximum atomic E-state index is 13.6. The maximum Gasteiger partial charge on any atom is 0.266 e. The van der Waals surface area contributed by atoms with Crippen molar-refractivity contribution in [1.29, 1.82) is 0 Å². The van der Waals surface area contributed by atoms with Gasteiger partial charge in [0.2, 0.25) is 5.91 Å². The van der Waals surface area contributed by atoms with Crippen LogP contribution in [0.3, 0.4) is 0 Å². The second kappa shape index (κ2) is 12.1. The summed E-state index contributed by atoms with van der Waals surface area (Å²) in [7, 11) is -4.10. The zero-order chi connectivity index (χ0) is 31.2. The quantitative estimate of drug-likeness (QED) is 0.281. The van der Waals surface area contributed by atoms with Gasteiger partial charge in [0.05, 0.1) is 11.9 Å². The highest BCUT2D eigenvalue weighted by molar-refractivity contribution is 7.85. The summed E-state index contributed by atoms with van der Waals surface area (Å²) >= 11 is 0. The standard InChI is InChI=1S/C34H52N2O6S/c1-22(10-11-29(38)35-18-19-43(40,41)42)26-13-17-34(4)30-27(14-16-33(26,34)3)32(2)15-12-25(37)20-24(32)21-28(30)36-31(39)23-8-6-5-7-9-23/h5-9,22,24-28,30,37H,10-21H2,1-4H3,(H,35,38)(H,36,39)(H,40,41,42)/t22-,24?,25-,26-,27+,28+,30+,32+,33-,34+/m1/s1. The number of aliphatic hydroxyl groups is 1. The largest absolute Gasteiger partial charge is 0.393 e. The van der Waals surface area contributed by atoms with Crippen molar-refractivity contribution in [2.45, 2.75) is 104 Å². The molecule has 0 heterocycles. The van der Waals surface area contributed by atoms with Crippen molar-refractivity contribution < 1.29 is 27.7 Å². The summed E-state index contributed by atoms with van der Waals surface area (Å²) in [5.41, 5.74) is 0.951. The van der Waals surface area contributed by atoms with Crippen LogP contribution in [0.1, 0.15) is 102 Å². The molecule has 0 aliphatic heterocycles. The Morgan fingerprint density at radius 3 is 2.40 bits per heavy atom. The molecule has 8 nitrogen and oxygen atoms in total. The van der Waals surface area contributed by atoms with Crippen LogP contribution in [-0.2, 0) is 14.9 Å². The SMILES string of the molecule is C[C@H](CCC(=O)NCCS(=O)(=O)O)[C@H]1CC[C@@]2(C)[C@@H]3[C@@H](NC(=O)c4ccccc4)CC4C[C@H](O)CC[C@]4(C)[C@H]3CC[C@]12C. The molecule has 43 heavy (non-hydrogen) atoms. The minimum atomic E-state index is -4.10. The van der Waals surface area contributed by atoms with Crippen LogP contribution in [0.2, 0.25) is 0 Å². The highest BCUT2D eigenvalue weighted by Crippen LogP contribution is 2.73. The van der Waals surface area contributed by atoms with Gasteiger partial charge in [0.25, 0.3) is 16.0 Å². The number of nitrogens with one attached hydrogen (secondary N) is 2. The predicted octanol–water partition coefficient (Wildman–Crippen LogP) is 5.23. The number of carbonyl (C=O) groups is 2. The summed E-state index contributed by atoms with van der Waals surface area (Å²) in [4.78, 5) is 26.0. The molecule has 0 saturated heterocycles. The Morgan fingerprint density at radius 2 is 1.70 bits per heavy atom. The normalized spacial score (nSPS) is 39.6. The van der Waals surface area contributed by atoms with Crippen molar-refractivity contribution in [3.8, 4) is 0 Å². The fourth-order valence-electron chi connectivity index (χ4n) is 10.6. The summed E-state index contributed by atoms with van der Waals surface area (Å²) in [6.45, 7) is 9.61. The van der Waals surface area contributed by atoms with Gasteiger partial charge >= 0.3 is 0 Å². The molecule has 10 atom stereocenters. The third kappa shape index (κ3) is 6.15. The molecule has 0 bridgehead atoms. The van der Waals surface area contributed by atoms with Gasteiger partial charge in [-0.05, 0) is 116 Å². The van der Waals surface area contributed by atoms with Crippen LogP contribution in [0.4, 0.5) is 0 Å². The zero-order valence-corrected chi connectivity index (χ0v) is 27.2. The van der Waals surface area contributed by atoms with E-state index in [2.05, 4.69) is 38.3 Å². The second-order valence-corrected chi connectivity index (χ2v) is 16.7. The van der Waals surface area contributed by atoms with Crippen LogP contribution in [0.5, 0.6) is 0 Å². The zero-order valence-electron chi connectivity index (χ0n) is 26.3. The van der Waals surface area contributed by atoms with Crippen molar-refractivity contribution >= 4 is 21.9 Å². The maximum absolute atomic E-state index is 13.6. The molecule has 0 spiro atoms. The van der Waals surface area contributed by atoms with E-state index in [4.69, 9.17) is 4.55 Å². The highest BCUT2D eigenvalue weighted by atomic mass is 32.2. The van der Waals surface area contributed by atoms with E-state index in [9.17, 15) is 23.1 Å². The van der Waals surface area contributed by atoms with E-state index >= 15 is 0 Å². The van der Waals surface area contributed by atoms with Crippen molar-refractivity contribution in [2.24, 2.45) is 45.8 Å². The molecule has 0 aromatic heterocycles.